The smallest absolute Gasteiger partial charge is 0.137 e. The van der Waals surface area contributed by atoms with Gasteiger partial charge in [0.05, 0.1) is 12.2 Å². The number of thioether (sulfide) groups is 1. The van der Waals surface area contributed by atoms with Crippen molar-refractivity contribution in [1.82, 2.24) is 4.90 Å². The Morgan fingerprint density at radius 3 is 2.80 bits per heavy atom. The summed E-state index contributed by atoms with van der Waals surface area (Å²) >= 11 is 1.89. The first-order chi connectivity index (χ1) is 9.72. The second-order valence-corrected chi connectivity index (χ2v) is 5.72. The van der Waals surface area contributed by atoms with Gasteiger partial charge >= 0.3 is 0 Å². The van der Waals surface area contributed by atoms with E-state index in [4.69, 9.17) is 10.00 Å². The molecule has 1 unspecified atom stereocenters. The van der Waals surface area contributed by atoms with Crippen molar-refractivity contribution in [2.75, 3.05) is 32.2 Å². The highest BCUT2D eigenvalue weighted by Gasteiger charge is 2.11. The van der Waals surface area contributed by atoms with Crippen molar-refractivity contribution in [3.8, 4) is 11.8 Å². The zero-order valence-electron chi connectivity index (χ0n) is 12.6. The Bertz CT molecular complexity index is 431. The molecule has 0 aliphatic heterocycles. The molecule has 3 nitrogen and oxygen atoms in total. The molecule has 0 saturated carbocycles. The summed E-state index contributed by atoms with van der Waals surface area (Å²) in [6, 6.07) is 10.2. The van der Waals surface area contributed by atoms with Crippen molar-refractivity contribution < 1.29 is 4.74 Å². The molecule has 1 aromatic carbocycles. The quantitative estimate of drug-likeness (QED) is 0.654. The fourth-order valence-corrected chi connectivity index (χ4v) is 2.99. The molecule has 4 heteroatoms. The van der Waals surface area contributed by atoms with E-state index < -0.39 is 0 Å². The van der Waals surface area contributed by atoms with Crippen LogP contribution in [0.5, 0.6) is 5.75 Å². The van der Waals surface area contributed by atoms with Crippen LogP contribution in [0, 0.1) is 11.3 Å². The van der Waals surface area contributed by atoms with Gasteiger partial charge < -0.3 is 9.64 Å². The zero-order valence-corrected chi connectivity index (χ0v) is 13.4. The zero-order chi connectivity index (χ0) is 14.8. The molecule has 0 heterocycles. The monoisotopic (exact) mass is 292 g/mol. The van der Waals surface area contributed by atoms with E-state index in [0.29, 0.717) is 24.0 Å². The lowest BCUT2D eigenvalue weighted by atomic mass is 10.2. The summed E-state index contributed by atoms with van der Waals surface area (Å²) in [7, 11) is 2.17. The summed E-state index contributed by atoms with van der Waals surface area (Å²) in [5.41, 5.74) is 0.606. The summed E-state index contributed by atoms with van der Waals surface area (Å²) in [5.74, 6) is 1.86. The van der Waals surface area contributed by atoms with Crippen molar-refractivity contribution in [2.24, 2.45) is 0 Å². The third-order valence-corrected chi connectivity index (χ3v) is 4.09. The molecule has 0 aliphatic rings. The molecule has 1 rings (SSSR count). The number of ether oxygens (including phenoxy) is 1. The number of para-hydroxylation sites is 1. The molecule has 1 aromatic rings. The number of rotatable bonds is 9. The van der Waals surface area contributed by atoms with Crippen LogP contribution >= 0.6 is 11.8 Å². The van der Waals surface area contributed by atoms with Gasteiger partial charge in [-0.3, -0.25) is 0 Å². The van der Waals surface area contributed by atoms with Crippen molar-refractivity contribution in [3.63, 3.8) is 0 Å². The van der Waals surface area contributed by atoms with Gasteiger partial charge in [-0.1, -0.05) is 19.1 Å². The molecule has 0 aliphatic carbocycles. The molecule has 0 N–H and O–H groups in total. The molecular formula is C16H24N2OS. The van der Waals surface area contributed by atoms with Crippen LogP contribution in [-0.4, -0.2) is 43.1 Å². The lowest BCUT2D eigenvalue weighted by Crippen LogP contribution is -2.34. The highest BCUT2D eigenvalue weighted by atomic mass is 32.2. The minimum Gasteiger partial charge on any atom is -0.492 e. The van der Waals surface area contributed by atoms with Crippen LogP contribution in [0.1, 0.15) is 25.3 Å². The van der Waals surface area contributed by atoms with Crippen LogP contribution in [0.25, 0.3) is 0 Å². The molecule has 0 aromatic heterocycles. The lowest BCUT2D eigenvalue weighted by molar-refractivity contribution is 0.223. The first-order valence-electron chi connectivity index (χ1n) is 7.04. The number of hydrogen-bond acceptors (Lipinski definition) is 4. The van der Waals surface area contributed by atoms with E-state index in [0.717, 1.165) is 13.0 Å². The van der Waals surface area contributed by atoms with Crippen molar-refractivity contribution in [2.45, 2.75) is 25.8 Å². The van der Waals surface area contributed by atoms with Crippen LogP contribution in [0.4, 0.5) is 0 Å². The fraction of sp³-hybridized carbons (Fsp3) is 0.562. The topological polar surface area (TPSA) is 36.3 Å². The third-order valence-electron chi connectivity index (χ3n) is 3.37. The van der Waals surface area contributed by atoms with Gasteiger partial charge in [0.2, 0.25) is 0 Å². The number of nitriles is 1. The Morgan fingerprint density at radius 1 is 1.40 bits per heavy atom. The lowest BCUT2D eigenvalue weighted by Gasteiger charge is -2.26. The summed E-state index contributed by atoms with van der Waals surface area (Å²) in [6.45, 7) is 3.91. The average molecular weight is 292 g/mol. The maximum Gasteiger partial charge on any atom is 0.137 e. The van der Waals surface area contributed by atoms with Crippen LogP contribution in [0.15, 0.2) is 24.3 Å². The second kappa shape index (κ2) is 9.68. The standard InChI is InChI=1S/C16H24N2OS/c1-4-15(13-20-3)18(2)10-7-11-19-16-9-6-5-8-14(16)12-17/h5-6,8-9,15H,4,7,10-11,13H2,1-3H3. The molecular weight excluding hydrogens is 268 g/mol. The van der Waals surface area contributed by atoms with Crippen molar-refractivity contribution in [1.29, 1.82) is 5.26 Å². The molecule has 0 saturated heterocycles. The second-order valence-electron chi connectivity index (χ2n) is 4.81. The Morgan fingerprint density at radius 2 is 2.15 bits per heavy atom. The predicted molar refractivity (Wildman–Crippen MR) is 86.4 cm³/mol. The van der Waals surface area contributed by atoms with Gasteiger partial charge in [0.25, 0.3) is 0 Å². The van der Waals surface area contributed by atoms with Gasteiger partial charge in [0.1, 0.15) is 11.8 Å². The van der Waals surface area contributed by atoms with E-state index in [1.54, 1.807) is 6.07 Å². The normalized spacial score (nSPS) is 12.2. The Labute approximate surface area is 126 Å². The van der Waals surface area contributed by atoms with E-state index in [-0.39, 0.29) is 0 Å². The summed E-state index contributed by atoms with van der Waals surface area (Å²) in [6.07, 6.45) is 4.30. The molecule has 0 bridgehead atoms. The third kappa shape index (κ3) is 5.44. The van der Waals surface area contributed by atoms with E-state index in [9.17, 15) is 0 Å². The van der Waals surface area contributed by atoms with Crippen LogP contribution < -0.4 is 4.74 Å². The van der Waals surface area contributed by atoms with E-state index in [1.807, 2.05) is 30.0 Å². The summed E-state index contributed by atoms with van der Waals surface area (Å²) in [5, 5.41) is 8.99. The predicted octanol–water partition coefficient (Wildman–Crippen LogP) is 3.40. The highest BCUT2D eigenvalue weighted by molar-refractivity contribution is 7.98. The minimum absolute atomic E-state index is 0.606. The SMILES string of the molecule is CCC(CSC)N(C)CCCOc1ccccc1C#N. The fourth-order valence-electron chi connectivity index (χ4n) is 2.11. The average Bonchev–Trinajstić information content (AvgIpc) is 2.49. The molecule has 0 fully saturated rings. The molecule has 0 radical (unpaired) electrons. The van der Waals surface area contributed by atoms with E-state index >= 15 is 0 Å². The number of hydrogen-bond donors (Lipinski definition) is 0. The number of nitrogens with zero attached hydrogens (tertiary/aromatic N) is 2. The maximum absolute atomic E-state index is 8.99. The summed E-state index contributed by atoms with van der Waals surface area (Å²) < 4.78 is 5.70. The van der Waals surface area contributed by atoms with Gasteiger partial charge in [-0.15, -0.1) is 0 Å². The Balaban J connectivity index is 2.33. The van der Waals surface area contributed by atoms with Gasteiger partial charge in [-0.2, -0.15) is 17.0 Å². The molecule has 1 atom stereocenters. The summed E-state index contributed by atoms with van der Waals surface area (Å²) in [4.78, 5) is 2.40. The molecule has 20 heavy (non-hydrogen) atoms. The van der Waals surface area contributed by atoms with Gasteiger partial charge in [0, 0.05) is 18.3 Å². The molecule has 0 spiro atoms. The Hall–Kier alpha value is -1.18. The van der Waals surface area contributed by atoms with Gasteiger partial charge in [0.15, 0.2) is 0 Å². The van der Waals surface area contributed by atoms with Crippen molar-refractivity contribution >= 4 is 11.8 Å². The van der Waals surface area contributed by atoms with Crippen LogP contribution in [-0.2, 0) is 0 Å². The minimum atomic E-state index is 0.606. The van der Waals surface area contributed by atoms with Crippen molar-refractivity contribution in [3.05, 3.63) is 29.8 Å². The molecule has 110 valence electrons. The highest BCUT2D eigenvalue weighted by Crippen LogP contribution is 2.16. The van der Waals surface area contributed by atoms with Gasteiger partial charge in [-0.05, 0) is 38.3 Å². The maximum atomic E-state index is 8.99. The first-order valence-corrected chi connectivity index (χ1v) is 8.43. The molecule has 0 amide bonds. The Kier molecular flexibility index (Phi) is 8.17. The van der Waals surface area contributed by atoms with E-state index in [2.05, 4.69) is 31.2 Å². The first kappa shape index (κ1) is 16.9. The van der Waals surface area contributed by atoms with Crippen LogP contribution in [0.2, 0.25) is 0 Å². The van der Waals surface area contributed by atoms with Crippen LogP contribution in [0.3, 0.4) is 0 Å². The number of benzene rings is 1. The van der Waals surface area contributed by atoms with Gasteiger partial charge in [-0.25, -0.2) is 0 Å². The van der Waals surface area contributed by atoms with E-state index in [1.165, 1.54) is 12.2 Å². The largest absolute Gasteiger partial charge is 0.492 e.